The summed E-state index contributed by atoms with van der Waals surface area (Å²) in [7, 11) is 0. The summed E-state index contributed by atoms with van der Waals surface area (Å²) < 4.78 is 27.2. The van der Waals surface area contributed by atoms with Crippen LogP contribution in [0.3, 0.4) is 0 Å². The van der Waals surface area contributed by atoms with Crippen LogP contribution in [0.4, 0.5) is 37.7 Å². The molecule has 3 N–H and O–H groups in total. The number of pyridine rings is 1. The molecule has 0 aliphatic rings. The molecule has 0 saturated carbocycles. The third kappa shape index (κ3) is 5.15. The number of aromatic nitrogens is 3. The summed E-state index contributed by atoms with van der Waals surface area (Å²) in [6.45, 7) is 0. The third-order valence-electron chi connectivity index (χ3n) is 4.14. The van der Waals surface area contributed by atoms with Gasteiger partial charge >= 0.3 is 0 Å². The summed E-state index contributed by atoms with van der Waals surface area (Å²) in [6.07, 6.45) is 2.59. The Hall–Kier alpha value is -4.40. The Balaban J connectivity index is 1.49. The van der Waals surface area contributed by atoms with E-state index in [0.29, 0.717) is 22.8 Å². The average Bonchev–Trinajstić information content (AvgIpc) is 2.78. The highest BCUT2D eigenvalue weighted by Crippen LogP contribution is 2.21. The normalized spacial score (nSPS) is 10.4. The number of benzene rings is 2. The Labute approximate surface area is 176 Å². The molecule has 0 aliphatic carbocycles. The Morgan fingerprint density at radius 3 is 2.45 bits per heavy atom. The molecule has 1 amide bonds. The first-order valence-electron chi connectivity index (χ1n) is 9.21. The van der Waals surface area contributed by atoms with Crippen molar-refractivity contribution in [2.24, 2.45) is 0 Å². The van der Waals surface area contributed by atoms with Gasteiger partial charge in [0, 0.05) is 23.1 Å². The molecule has 0 aliphatic heterocycles. The van der Waals surface area contributed by atoms with Gasteiger partial charge in [-0.3, -0.25) is 4.79 Å². The predicted molar refractivity (Wildman–Crippen MR) is 114 cm³/mol. The van der Waals surface area contributed by atoms with Crippen LogP contribution in [-0.2, 0) is 0 Å². The molecule has 0 atom stereocenters. The van der Waals surface area contributed by atoms with Crippen molar-refractivity contribution in [2.75, 3.05) is 16.0 Å². The molecule has 4 aromatic rings. The number of nitrogens with one attached hydrogen (secondary N) is 3. The van der Waals surface area contributed by atoms with Crippen LogP contribution < -0.4 is 16.0 Å². The highest BCUT2D eigenvalue weighted by atomic mass is 19.1. The number of hydrogen-bond donors (Lipinski definition) is 3. The summed E-state index contributed by atoms with van der Waals surface area (Å²) in [6, 6.07) is 17.3. The van der Waals surface area contributed by atoms with Crippen LogP contribution in [0.5, 0.6) is 0 Å². The lowest BCUT2D eigenvalue weighted by Crippen LogP contribution is -2.13. The molecule has 0 saturated heterocycles. The van der Waals surface area contributed by atoms with Gasteiger partial charge in [-0.2, -0.15) is 4.98 Å². The number of anilines is 5. The van der Waals surface area contributed by atoms with E-state index in [-0.39, 0.29) is 17.7 Å². The van der Waals surface area contributed by atoms with Crippen LogP contribution in [0, 0.1) is 11.6 Å². The molecule has 4 rings (SSSR count). The van der Waals surface area contributed by atoms with Crippen molar-refractivity contribution >= 4 is 34.9 Å². The number of nitrogens with zero attached hydrogens (tertiary/aromatic N) is 3. The second-order valence-corrected chi connectivity index (χ2v) is 6.40. The zero-order valence-corrected chi connectivity index (χ0v) is 16.0. The lowest BCUT2D eigenvalue weighted by atomic mass is 10.2. The van der Waals surface area contributed by atoms with E-state index in [1.807, 2.05) is 0 Å². The van der Waals surface area contributed by atoms with Crippen LogP contribution in [-0.4, -0.2) is 20.9 Å². The van der Waals surface area contributed by atoms with Gasteiger partial charge in [-0.15, -0.1) is 0 Å². The summed E-state index contributed by atoms with van der Waals surface area (Å²) in [4.78, 5) is 24.5. The minimum atomic E-state index is -0.668. The van der Waals surface area contributed by atoms with Gasteiger partial charge in [0.15, 0.2) is 11.6 Å². The maximum Gasteiger partial charge on any atom is 0.256 e. The Bertz CT molecular complexity index is 1200. The summed E-state index contributed by atoms with van der Waals surface area (Å²) >= 11 is 0. The second-order valence-electron chi connectivity index (χ2n) is 6.40. The molecular weight excluding hydrogens is 402 g/mol. The van der Waals surface area contributed by atoms with Crippen molar-refractivity contribution in [3.05, 3.63) is 96.3 Å². The molecule has 0 unspecified atom stereocenters. The highest BCUT2D eigenvalue weighted by Gasteiger charge is 2.10. The quantitative estimate of drug-likeness (QED) is 0.413. The van der Waals surface area contributed by atoms with Crippen molar-refractivity contribution in [2.45, 2.75) is 0 Å². The average molecular weight is 418 g/mol. The van der Waals surface area contributed by atoms with Crippen LogP contribution in [0.15, 0.2) is 79.1 Å². The van der Waals surface area contributed by atoms with E-state index in [2.05, 4.69) is 30.9 Å². The fraction of sp³-hybridized carbons (Fsp3) is 0. The zero-order chi connectivity index (χ0) is 21.6. The number of halogens is 2. The van der Waals surface area contributed by atoms with Gasteiger partial charge in [0.05, 0.1) is 6.20 Å². The first kappa shape index (κ1) is 19.9. The van der Waals surface area contributed by atoms with Crippen LogP contribution in [0.25, 0.3) is 0 Å². The van der Waals surface area contributed by atoms with Gasteiger partial charge < -0.3 is 16.0 Å². The Morgan fingerprint density at radius 2 is 1.68 bits per heavy atom. The van der Waals surface area contributed by atoms with Gasteiger partial charge in [-0.05, 0) is 54.6 Å². The SMILES string of the molecule is O=C(Nc1ccccn1)c1cccc(Nc2ncc(F)c(Nc3ccc(F)cc3)n2)c1. The summed E-state index contributed by atoms with van der Waals surface area (Å²) in [5.41, 5.74) is 1.40. The van der Waals surface area contributed by atoms with Gasteiger partial charge in [-0.1, -0.05) is 12.1 Å². The van der Waals surface area contributed by atoms with Crippen molar-refractivity contribution in [1.29, 1.82) is 0 Å². The predicted octanol–water partition coefficient (Wildman–Crippen LogP) is 4.89. The topological polar surface area (TPSA) is 91.8 Å². The van der Waals surface area contributed by atoms with Crippen LogP contribution >= 0.6 is 0 Å². The lowest BCUT2D eigenvalue weighted by Gasteiger charge is -2.10. The number of rotatable bonds is 6. The molecule has 7 nitrogen and oxygen atoms in total. The number of carbonyl (C=O) groups is 1. The largest absolute Gasteiger partial charge is 0.338 e. The maximum atomic E-state index is 14.1. The van der Waals surface area contributed by atoms with E-state index < -0.39 is 11.6 Å². The van der Waals surface area contributed by atoms with Crippen LogP contribution in [0.2, 0.25) is 0 Å². The fourth-order valence-electron chi connectivity index (χ4n) is 2.68. The molecule has 0 fully saturated rings. The third-order valence-corrected chi connectivity index (χ3v) is 4.14. The summed E-state index contributed by atoms with van der Waals surface area (Å²) in [5, 5.41) is 8.42. The van der Waals surface area contributed by atoms with E-state index in [4.69, 9.17) is 0 Å². The van der Waals surface area contributed by atoms with E-state index in [1.54, 1.807) is 48.7 Å². The van der Waals surface area contributed by atoms with Crippen molar-refractivity contribution < 1.29 is 13.6 Å². The van der Waals surface area contributed by atoms with Crippen molar-refractivity contribution in [3.63, 3.8) is 0 Å². The zero-order valence-electron chi connectivity index (χ0n) is 16.0. The molecule has 0 radical (unpaired) electrons. The first-order chi connectivity index (χ1) is 15.1. The second kappa shape index (κ2) is 8.95. The summed E-state index contributed by atoms with van der Waals surface area (Å²) in [5.74, 6) is -0.923. The Kier molecular flexibility index (Phi) is 5.75. The Morgan fingerprint density at radius 1 is 0.839 bits per heavy atom. The number of amides is 1. The fourth-order valence-corrected chi connectivity index (χ4v) is 2.68. The minimum absolute atomic E-state index is 0.0758. The highest BCUT2D eigenvalue weighted by molar-refractivity contribution is 6.04. The van der Waals surface area contributed by atoms with Gasteiger partial charge in [0.2, 0.25) is 5.95 Å². The van der Waals surface area contributed by atoms with Crippen molar-refractivity contribution in [3.8, 4) is 0 Å². The standard InChI is InChI=1S/C22H16F2N6O/c23-15-7-9-16(10-8-15)27-20-18(24)13-26-22(30-20)28-17-5-3-4-14(12-17)21(31)29-19-6-1-2-11-25-19/h1-13H,(H,25,29,31)(H2,26,27,28,30). The molecular formula is C22H16F2N6O. The molecule has 9 heteroatoms. The van der Waals surface area contributed by atoms with E-state index in [0.717, 1.165) is 6.20 Å². The van der Waals surface area contributed by atoms with Crippen molar-refractivity contribution in [1.82, 2.24) is 15.0 Å². The van der Waals surface area contributed by atoms with Gasteiger partial charge in [-0.25, -0.2) is 18.7 Å². The molecule has 154 valence electrons. The monoisotopic (exact) mass is 418 g/mol. The van der Waals surface area contributed by atoms with Gasteiger partial charge in [0.1, 0.15) is 11.6 Å². The van der Waals surface area contributed by atoms with E-state index in [1.165, 1.54) is 24.3 Å². The smallest absolute Gasteiger partial charge is 0.256 e. The van der Waals surface area contributed by atoms with E-state index >= 15 is 0 Å². The number of carbonyl (C=O) groups excluding carboxylic acids is 1. The molecule has 2 heterocycles. The molecule has 0 bridgehead atoms. The van der Waals surface area contributed by atoms with E-state index in [9.17, 15) is 13.6 Å². The molecule has 2 aromatic heterocycles. The minimum Gasteiger partial charge on any atom is -0.338 e. The molecule has 31 heavy (non-hydrogen) atoms. The maximum absolute atomic E-state index is 14.1. The molecule has 0 spiro atoms. The first-order valence-corrected chi connectivity index (χ1v) is 9.21. The number of hydrogen-bond acceptors (Lipinski definition) is 6. The van der Waals surface area contributed by atoms with Gasteiger partial charge in [0.25, 0.3) is 5.91 Å². The van der Waals surface area contributed by atoms with Crippen LogP contribution in [0.1, 0.15) is 10.4 Å². The molecule has 2 aromatic carbocycles. The lowest BCUT2D eigenvalue weighted by molar-refractivity contribution is 0.102.